The van der Waals surface area contributed by atoms with Crippen LogP contribution in [-0.2, 0) is 14.8 Å². The van der Waals surface area contributed by atoms with Gasteiger partial charge in [0.05, 0.1) is 30.8 Å². The Morgan fingerprint density at radius 1 is 1.00 bits per heavy atom. The molecule has 0 saturated heterocycles. The van der Waals surface area contributed by atoms with Crippen molar-refractivity contribution in [2.24, 2.45) is 0 Å². The van der Waals surface area contributed by atoms with Gasteiger partial charge in [0.1, 0.15) is 23.9 Å². The maximum atomic E-state index is 13.3. The van der Waals surface area contributed by atoms with E-state index >= 15 is 0 Å². The largest absolute Gasteiger partial charge is 0.497 e. The van der Waals surface area contributed by atoms with Crippen molar-refractivity contribution in [2.45, 2.75) is 17.9 Å². The number of benzene rings is 3. The lowest BCUT2D eigenvalue weighted by molar-refractivity contribution is -0.120. The molecule has 0 saturated carbocycles. The van der Waals surface area contributed by atoms with Crippen LogP contribution in [0.3, 0.4) is 0 Å². The third-order valence-electron chi connectivity index (χ3n) is 5.01. The van der Waals surface area contributed by atoms with Crippen molar-refractivity contribution in [1.29, 1.82) is 0 Å². The first-order chi connectivity index (χ1) is 15.8. The molecule has 0 radical (unpaired) electrons. The Morgan fingerprint density at radius 2 is 1.67 bits per heavy atom. The minimum Gasteiger partial charge on any atom is -0.497 e. The van der Waals surface area contributed by atoms with Gasteiger partial charge in [0.15, 0.2) is 0 Å². The number of rotatable bonds is 9. The van der Waals surface area contributed by atoms with Gasteiger partial charge in [0, 0.05) is 5.56 Å². The molecule has 0 fully saturated rings. The van der Waals surface area contributed by atoms with E-state index in [-0.39, 0.29) is 4.90 Å². The van der Waals surface area contributed by atoms with Crippen molar-refractivity contribution in [3.05, 3.63) is 84.2 Å². The number of methoxy groups -OCH3 is 2. The lowest BCUT2D eigenvalue weighted by Gasteiger charge is -2.25. The molecule has 3 aromatic rings. The summed E-state index contributed by atoms with van der Waals surface area (Å²) in [5.74, 6) is 0.0695. The van der Waals surface area contributed by atoms with Crippen LogP contribution in [0.25, 0.3) is 0 Å². The Labute approximate surface area is 192 Å². The summed E-state index contributed by atoms with van der Waals surface area (Å²) in [6.45, 7) is 1.29. The highest BCUT2D eigenvalue weighted by atomic mass is 32.2. The fraction of sp³-hybridized carbons (Fsp3) is 0.208. The van der Waals surface area contributed by atoms with Gasteiger partial charge in [0.2, 0.25) is 5.91 Å². The molecule has 0 spiro atoms. The zero-order chi connectivity index (χ0) is 24.0. The number of amides is 1. The smallest absolute Gasteiger partial charge is 0.264 e. The van der Waals surface area contributed by atoms with Crippen LogP contribution in [0.2, 0.25) is 0 Å². The number of carbonyl (C=O) groups is 1. The fourth-order valence-electron chi connectivity index (χ4n) is 3.32. The summed E-state index contributed by atoms with van der Waals surface area (Å²) in [5, 5.41) is 2.81. The van der Waals surface area contributed by atoms with Crippen LogP contribution in [0, 0.1) is 5.82 Å². The molecule has 1 N–H and O–H groups in total. The van der Waals surface area contributed by atoms with Crippen LogP contribution >= 0.6 is 0 Å². The zero-order valence-corrected chi connectivity index (χ0v) is 19.3. The Morgan fingerprint density at radius 3 is 2.27 bits per heavy atom. The third-order valence-corrected chi connectivity index (χ3v) is 6.80. The first-order valence-electron chi connectivity index (χ1n) is 10.1. The molecule has 33 heavy (non-hydrogen) atoms. The molecule has 174 valence electrons. The number of anilines is 1. The molecule has 7 nitrogen and oxygen atoms in total. The Bertz CT molecular complexity index is 1200. The number of nitrogens with zero attached hydrogens (tertiary/aromatic N) is 1. The minimum absolute atomic E-state index is 0.122. The second-order valence-electron chi connectivity index (χ2n) is 7.20. The second kappa shape index (κ2) is 10.4. The van der Waals surface area contributed by atoms with Crippen LogP contribution < -0.4 is 19.1 Å². The molecule has 3 aromatic carbocycles. The number of hydrogen-bond acceptors (Lipinski definition) is 5. The summed E-state index contributed by atoms with van der Waals surface area (Å²) in [7, 11) is -1.07. The van der Waals surface area contributed by atoms with Crippen LogP contribution in [0.1, 0.15) is 18.5 Å². The van der Waals surface area contributed by atoms with E-state index in [1.807, 2.05) is 0 Å². The van der Waals surface area contributed by atoms with E-state index in [0.29, 0.717) is 22.7 Å². The lowest BCUT2D eigenvalue weighted by atomic mass is 10.1. The molecule has 1 atom stereocenters. The molecular formula is C24H25FN2O5S. The minimum atomic E-state index is -4.13. The van der Waals surface area contributed by atoms with E-state index in [4.69, 9.17) is 9.47 Å². The van der Waals surface area contributed by atoms with Crippen molar-refractivity contribution in [1.82, 2.24) is 5.32 Å². The van der Waals surface area contributed by atoms with E-state index in [9.17, 15) is 17.6 Å². The Hall–Kier alpha value is -3.59. The van der Waals surface area contributed by atoms with Gasteiger partial charge < -0.3 is 14.8 Å². The molecule has 3 rings (SSSR count). The first-order valence-corrected chi connectivity index (χ1v) is 11.5. The van der Waals surface area contributed by atoms with Crippen LogP contribution in [0.15, 0.2) is 77.7 Å². The van der Waals surface area contributed by atoms with Crippen molar-refractivity contribution in [3.8, 4) is 11.5 Å². The number of carbonyl (C=O) groups excluding carboxylic acids is 1. The highest BCUT2D eigenvalue weighted by Crippen LogP contribution is 2.29. The summed E-state index contributed by atoms with van der Waals surface area (Å²) >= 11 is 0. The van der Waals surface area contributed by atoms with Crippen molar-refractivity contribution in [2.75, 3.05) is 25.1 Å². The molecule has 0 aliphatic carbocycles. The Kier molecular flexibility index (Phi) is 7.55. The molecule has 0 bridgehead atoms. The van der Waals surface area contributed by atoms with Crippen LogP contribution in [0.4, 0.5) is 10.1 Å². The quantitative estimate of drug-likeness (QED) is 0.510. The highest BCUT2D eigenvalue weighted by Gasteiger charge is 2.28. The van der Waals surface area contributed by atoms with E-state index in [2.05, 4.69) is 5.32 Å². The maximum Gasteiger partial charge on any atom is 0.264 e. The first kappa shape index (κ1) is 24.1. The SMILES string of the molecule is COc1ccc(OC)c([C@@H](C)NC(=O)CN(c2ccccc2)S(=O)(=O)c2ccc(F)cc2)c1. The van der Waals surface area contributed by atoms with Crippen molar-refractivity contribution < 1.29 is 27.1 Å². The summed E-state index contributed by atoms with van der Waals surface area (Å²) in [6, 6.07) is 17.4. The molecule has 0 aliphatic heterocycles. The van der Waals surface area contributed by atoms with Crippen LogP contribution in [0.5, 0.6) is 11.5 Å². The van der Waals surface area contributed by atoms with E-state index in [1.54, 1.807) is 55.5 Å². The normalized spacial score (nSPS) is 12.0. The van der Waals surface area contributed by atoms with Gasteiger partial charge in [-0.1, -0.05) is 18.2 Å². The van der Waals surface area contributed by atoms with Crippen LogP contribution in [-0.4, -0.2) is 35.1 Å². The molecule has 1 amide bonds. The van der Waals surface area contributed by atoms with Crippen molar-refractivity contribution in [3.63, 3.8) is 0 Å². The monoisotopic (exact) mass is 472 g/mol. The molecule has 0 aromatic heterocycles. The predicted octanol–water partition coefficient (Wildman–Crippen LogP) is 3.92. The number of ether oxygens (including phenoxy) is 2. The number of sulfonamides is 1. The van der Waals surface area contributed by atoms with Gasteiger partial charge in [-0.25, -0.2) is 12.8 Å². The topological polar surface area (TPSA) is 84.9 Å². The number of para-hydroxylation sites is 1. The maximum absolute atomic E-state index is 13.3. The average Bonchev–Trinajstić information content (AvgIpc) is 2.82. The summed E-state index contributed by atoms with van der Waals surface area (Å²) in [5.41, 5.74) is 0.987. The summed E-state index contributed by atoms with van der Waals surface area (Å²) in [4.78, 5) is 12.8. The van der Waals surface area contributed by atoms with Gasteiger partial charge in [-0.05, 0) is 61.5 Å². The van der Waals surface area contributed by atoms with Gasteiger partial charge in [-0.15, -0.1) is 0 Å². The fourth-order valence-corrected chi connectivity index (χ4v) is 4.74. The Balaban J connectivity index is 1.88. The average molecular weight is 473 g/mol. The number of halogens is 1. The van der Waals surface area contributed by atoms with E-state index in [1.165, 1.54) is 26.4 Å². The molecule has 0 aliphatic rings. The van der Waals surface area contributed by atoms with Gasteiger partial charge in [-0.3, -0.25) is 9.10 Å². The van der Waals surface area contributed by atoms with Gasteiger partial charge in [0.25, 0.3) is 10.0 Å². The number of nitrogens with one attached hydrogen (secondary N) is 1. The van der Waals surface area contributed by atoms with E-state index < -0.39 is 34.3 Å². The van der Waals surface area contributed by atoms with Crippen molar-refractivity contribution >= 4 is 21.6 Å². The van der Waals surface area contributed by atoms with E-state index in [0.717, 1.165) is 16.4 Å². The van der Waals surface area contributed by atoms with Gasteiger partial charge >= 0.3 is 0 Å². The summed E-state index contributed by atoms with van der Waals surface area (Å²) < 4.78 is 51.6. The molecular weight excluding hydrogens is 447 g/mol. The second-order valence-corrected chi connectivity index (χ2v) is 9.06. The molecule has 9 heteroatoms. The van der Waals surface area contributed by atoms with Gasteiger partial charge in [-0.2, -0.15) is 0 Å². The zero-order valence-electron chi connectivity index (χ0n) is 18.5. The lowest BCUT2D eigenvalue weighted by Crippen LogP contribution is -2.41. The predicted molar refractivity (Wildman–Crippen MR) is 123 cm³/mol. The molecule has 0 heterocycles. The third kappa shape index (κ3) is 5.61. The standard InChI is InChI=1S/C24H25FN2O5S/c1-17(22-15-20(31-2)11-14-23(22)32-3)26-24(28)16-27(19-7-5-4-6-8-19)33(29,30)21-12-9-18(25)10-13-21/h4-15,17H,16H2,1-3H3,(H,26,28)/t17-/m1/s1. The summed E-state index contributed by atoms with van der Waals surface area (Å²) in [6.07, 6.45) is 0. The highest BCUT2D eigenvalue weighted by molar-refractivity contribution is 7.92. The molecule has 0 unspecified atom stereocenters. The number of hydrogen-bond donors (Lipinski definition) is 1.